The van der Waals surface area contributed by atoms with E-state index in [9.17, 15) is 9.59 Å². The lowest BCUT2D eigenvalue weighted by Gasteiger charge is -2.39. The van der Waals surface area contributed by atoms with Crippen molar-refractivity contribution in [3.63, 3.8) is 0 Å². The minimum Gasteiger partial charge on any atom is -0.351 e. The molecule has 0 bridgehead atoms. The van der Waals surface area contributed by atoms with Crippen molar-refractivity contribution in [3.8, 4) is 0 Å². The smallest absolute Gasteiger partial charge is 0.319 e. The molecule has 0 fully saturated rings. The molecule has 158 valence electrons. The Kier molecular flexibility index (Phi) is 6.71. The molecule has 4 N–H and O–H groups in total. The van der Waals surface area contributed by atoms with Gasteiger partial charge in [0, 0.05) is 35.4 Å². The summed E-state index contributed by atoms with van der Waals surface area (Å²) in [7, 11) is 0. The molecule has 0 aromatic carbocycles. The van der Waals surface area contributed by atoms with E-state index in [0.29, 0.717) is 31.0 Å². The average Bonchev–Trinajstić information content (AvgIpc) is 2.68. The second kappa shape index (κ2) is 9.09. The number of hydrogen-bond acceptors (Lipinski definition) is 6. The molecule has 1 aromatic rings. The summed E-state index contributed by atoms with van der Waals surface area (Å²) in [5, 5.41) is 5.47. The van der Waals surface area contributed by atoms with Crippen molar-refractivity contribution in [2.45, 2.75) is 23.8 Å². The number of amides is 3. The van der Waals surface area contributed by atoms with E-state index in [1.807, 2.05) is 29.3 Å². The van der Waals surface area contributed by atoms with E-state index in [4.69, 9.17) is 5.73 Å². The third kappa shape index (κ3) is 4.96. The van der Waals surface area contributed by atoms with Crippen molar-refractivity contribution in [1.29, 1.82) is 0 Å². The lowest BCUT2D eigenvalue weighted by atomic mass is 9.87. The van der Waals surface area contributed by atoms with Gasteiger partial charge in [-0.1, -0.05) is 48.2 Å². The molecule has 2 aliphatic rings. The minimum atomic E-state index is -0.924. The number of urea groups is 1. The molecule has 8 nitrogen and oxygen atoms in total. The SMILES string of the molecule is C=C1C(C(=O)NC(N)=O)=NC2=CC(C)[C@@](C)(I)C=C2N1CCNCc1cccnc1. The molecule has 1 aromatic heterocycles. The minimum absolute atomic E-state index is 0.0914. The summed E-state index contributed by atoms with van der Waals surface area (Å²) in [6, 6.07) is 2.98. The quantitative estimate of drug-likeness (QED) is 0.303. The normalized spacial score (nSPS) is 23.2. The van der Waals surface area contributed by atoms with Crippen LogP contribution < -0.4 is 16.4 Å². The lowest BCUT2D eigenvalue weighted by Crippen LogP contribution is -2.46. The second-order valence-electron chi connectivity index (χ2n) is 7.44. The molecule has 0 radical (unpaired) electrons. The number of rotatable bonds is 6. The number of aliphatic imine (C=N–C) groups is 1. The molecular weight excluding hydrogens is 495 g/mol. The Balaban J connectivity index is 1.81. The second-order valence-corrected chi connectivity index (χ2v) is 9.76. The highest BCUT2D eigenvalue weighted by Gasteiger charge is 2.37. The van der Waals surface area contributed by atoms with Crippen LogP contribution in [0.1, 0.15) is 19.4 Å². The molecule has 0 saturated carbocycles. The fourth-order valence-corrected chi connectivity index (χ4v) is 3.74. The zero-order valence-electron chi connectivity index (χ0n) is 17.0. The number of imide groups is 1. The van der Waals surface area contributed by atoms with Crippen molar-refractivity contribution in [2.24, 2.45) is 16.6 Å². The molecule has 1 aliphatic heterocycles. The average molecular weight is 520 g/mol. The highest BCUT2D eigenvalue weighted by molar-refractivity contribution is 14.1. The molecule has 9 heteroatoms. The molecule has 1 unspecified atom stereocenters. The topological polar surface area (TPSA) is 113 Å². The van der Waals surface area contributed by atoms with Gasteiger partial charge in [-0.25, -0.2) is 9.79 Å². The number of aromatic nitrogens is 1. The van der Waals surface area contributed by atoms with Gasteiger partial charge in [0.1, 0.15) is 0 Å². The van der Waals surface area contributed by atoms with Crippen molar-refractivity contribution < 1.29 is 9.59 Å². The fourth-order valence-electron chi connectivity index (χ4n) is 3.26. The van der Waals surface area contributed by atoms with Crippen LogP contribution in [0.4, 0.5) is 4.79 Å². The molecule has 3 amide bonds. The molecule has 3 rings (SSSR count). The third-order valence-corrected chi connectivity index (χ3v) is 6.41. The van der Waals surface area contributed by atoms with Gasteiger partial charge < -0.3 is 16.0 Å². The number of carbonyl (C=O) groups is 2. The molecule has 2 atom stereocenters. The van der Waals surface area contributed by atoms with E-state index in [0.717, 1.165) is 11.3 Å². The number of nitrogens with one attached hydrogen (secondary N) is 2. The van der Waals surface area contributed by atoms with Crippen LogP contribution in [-0.4, -0.2) is 44.0 Å². The Morgan fingerprint density at radius 3 is 2.87 bits per heavy atom. The van der Waals surface area contributed by atoms with E-state index in [2.05, 4.69) is 69.7 Å². The number of nitrogens with zero attached hydrogens (tertiary/aromatic N) is 3. The predicted octanol–water partition coefficient (Wildman–Crippen LogP) is 2.25. The Labute approximate surface area is 189 Å². The van der Waals surface area contributed by atoms with E-state index >= 15 is 0 Å². The summed E-state index contributed by atoms with van der Waals surface area (Å²) in [6.45, 7) is 10.2. The van der Waals surface area contributed by atoms with Crippen LogP contribution in [0, 0.1) is 5.92 Å². The molecule has 2 heterocycles. The van der Waals surface area contributed by atoms with Gasteiger partial charge in [0.25, 0.3) is 5.91 Å². The first kappa shape index (κ1) is 22.2. The monoisotopic (exact) mass is 520 g/mol. The van der Waals surface area contributed by atoms with Crippen LogP contribution in [0.3, 0.4) is 0 Å². The summed E-state index contributed by atoms with van der Waals surface area (Å²) < 4.78 is -0.0965. The van der Waals surface area contributed by atoms with Gasteiger partial charge in [-0.05, 0) is 30.5 Å². The van der Waals surface area contributed by atoms with Crippen LogP contribution in [-0.2, 0) is 11.3 Å². The summed E-state index contributed by atoms with van der Waals surface area (Å²) in [4.78, 5) is 34.2. The Bertz CT molecular complexity index is 952. The number of alkyl halides is 1. The Morgan fingerprint density at radius 1 is 1.43 bits per heavy atom. The van der Waals surface area contributed by atoms with Gasteiger partial charge in [0.2, 0.25) is 0 Å². The van der Waals surface area contributed by atoms with Gasteiger partial charge in [0.05, 0.1) is 17.1 Å². The van der Waals surface area contributed by atoms with Crippen LogP contribution in [0.15, 0.2) is 65.3 Å². The van der Waals surface area contributed by atoms with Crippen LogP contribution >= 0.6 is 22.6 Å². The maximum Gasteiger partial charge on any atom is 0.319 e. The summed E-state index contributed by atoms with van der Waals surface area (Å²) in [5.74, 6) is -0.436. The summed E-state index contributed by atoms with van der Waals surface area (Å²) >= 11 is 2.42. The first-order valence-corrected chi connectivity index (χ1v) is 10.7. The Morgan fingerprint density at radius 2 is 2.20 bits per heavy atom. The highest BCUT2D eigenvalue weighted by Crippen LogP contribution is 2.41. The maximum atomic E-state index is 12.5. The van der Waals surface area contributed by atoms with E-state index in [1.165, 1.54) is 0 Å². The number of allylic oxidation sites excluding steroid dienone is 2. The Hall–Kier alpha value is -2.53. The van der Waals surface area contributed by atoms with Gasteiger partial charge >= 0.3 is 6.03 Å². The van der Waals surface area contributed by atoms with E-state index < -0.39 is 11.9 Å². The zero-order chi connectivity index (χ0) is 21.9. The van der Waals surface area contributed by atoms with Crippen molar-refractivity contribution in [1.82, 2.24) is 20.5 Å². The van der Waals surface area contributed by atoms with Gasteiger partial charge in [-0.15, -0.1) is 0 Å². The standard InChI is InChI=1S/C21H25IN6O2/c1-13-9-16-17(10-21(13,3)22)28(8-7-25-12-15-5-4-6-24-11-15)14(2)18(26-16)19(29)27-20(23)30/h4-6,9-11,13,25H,2,7-8,12H2,1,3H3,(H3,23,27,29,30)/t13?,21-/m0/s1. The predicted molar refractivity (Wildman–Crippen MR) is 125 cm³/mol. The number of hydrogen-bond donors (Lipinski definition) is 3. The number of primary amides is 1. The number of halogens is 1. The zero-order valence-corrected chi connectivity index (χ0v) is 19.1. The molecular formula is C21H25IN6O2. The van der Waals surface area contributed by atoms with Crippen molar-refractivity contribution >= 4 is 40.2 Å². The van der Waals surface area contributed by atoms with Gasteiger partial charge in [-0.3, -0.25) is 15.1 Å². The number of fused-ring (bicyclic) bond motifs is 1. The van der Waals surface area contributed by atoms with E-state index in [-0.39, 0.29) is 15.1 Å². The van der Waals surface area contributed by atoms with E-state index in [1.54, 1.807) is 6.20 Å². The summed E-state index contributed by atoms with van der Waals surface area (Å²) in [6.07, 6.45) is 7.76. The molecule has 0 saturated heterocycles. The number of pyridine rings is 1. The third-order valence-electron chi connectivity index (χ3n) is 5.12. The number of carbonyl (C=O) groups excluding carboxylic acids is 2. The van der Waals surface area contributed by atoms with Crippen LogP contribution in [0.5, 0.6) is 0 Å². The maximum absolute atomic E-state index is 12.5. The number of nitrogens with two attached hydrogens (primary N) is 1. The van der Waals surface area contributed by atoms with Crippen molar-refractivity contribution in [2.75, 3.05) is 13.1 Å². The van der Waals surface area contributed by atoms with Gasteiger partial charge in [0.15, 0.2) is 5.71 Å². The molecule has 0 spiro atoms. The first-order valence-electron chi connectivity index (χ1n) is 9.59. The van der Waals surface area contributed by atoms with Crippen LogP contribution in [0.2, 0.25) is 0 Å². The first-order chi connectivity index (χ1) is 14.2. The highest BCUT2D eigenvalue weighted by atomic mass is 127. The van der Waals surface area contributed by atoms with Crippen molar-refractivity contribution in [3.05, 3.63) is 65.9 Å². The molecule has 30 heavy (non-hydrogen) atoms. The fraction of sp³-hybridized carbons (Fsp3) is 0.333. The summed E-state index contributed by atoms with van der Waals surface area (Å²) in [5.41, 5.74) is 8.33. The lowest BCUT2D eigenvalue weighted by molar-refractivity contribution is -0.113. The molecule has 1 aliphatic carbocycles. The largest absolute Gasteiger partial charge is 0.351 e. The van der Waals surface area contributed by atoms with Gasteiger partial charge in [-0.2, -0.15) is 0 Å². The van der Waals surface area contributed by atoms with Crippen LogP contribution in [0.25, 0.3) is 0 Å².